The van der Waals surface area contributed by atoms with Crippen molar-refractivity contribution >= 4 is 11.8 Å². The Labute approximate surface area is 181 Å². The lowest BCUT2D eigenvalue weighted by Gasteiger charge is -2.37. The SMILES string of the molecule is O=C(NCC(c1cccnc1)[NH+]1CCN(c2ccccc2F)CC1)Oc1ccccc1. The Morgan fingerprint density at radius 2 is 1.81 bits per heavy atom. The number of carbonyl (C=O) groups excluding carboxylic acids is 1. The minimum atomic E-state index is -0.482. The van der Waals surface area contributed by atoms with E-state index in [1.165, 1.54) is 11.0 Å². The molecule has 31 heavy (non-hydrogen) atoms. The van der Waals surface area contributed by atoms with Gasteiger partial charge >= 0.3 is 6.09 Å². The summed E-state index contributed by atoms with van der Waals surface area (Å²) in [6, 6.07) is 19.8. The molecule has 2 aromatic carbocycles. The number of nitrogens with zero attached hydrogens (tertiary/aromatic N) is 2. The van der Waals surface area contributed by atoms with Gasteiger partial charge in [0.15, 0.2) is 0 Å². The van der Waals surface area contributed by atoms with Gasteiger partial charge in [-0.3, -0.25) is 4.98 Å². The first-order chi connectivity index (χ1) is 15.2. The number of benzene rings is 2. The summed E-state index contributed by atoms with van der Waals surface area (Å²) < 4.78 is 19.5. The number of halogens is 1. The topological polar surface area (TPSA) is 58.9 Å². The third-order valence-electron chi connectivity index (χ3n) is 5.58. The molecule has 1 aliphatic heterocycles. The lowest BCUT2D eigenvalue weighted by atomic mass is 10.1. The second kappa shape index (κ2) is 10.0. The first-order valence-electron chi connectivity index (χ1n) is 10.5. The Morgan fingerprint density at radius 1 is 1.06 bits per heavy atom. The second-order valence-corrected chi connectivity index (χ2v) is 7.52. The summed E-state index contributed by atoms with van der Waals surface area (Å²) in [6.07, 6.45) is 3.10. The Balaban J connectivity index is 1.40. The van der Waals surface area contributed by atoms with Crippen molar-refractivity contribution in [1.29, 1.82) is 0 Å². The number of piperazine rings is 1. The number of aromatic nitrogens is 1. The Kier molecular flexibility index (Phi) is 6.74. The molecular weight excluding hydrogens is 395 g/mol. The number of carbonyl (C=O) groups is 1. The summed E-state index contributed by atoms with van der Waals surface area (Å²) in [6.45, 7) is 3.54. The maximum absolute atomic E-state index is 14.2. The Hall–Kier alpha value is -3.45. The van der Waals surface area contributed by atoms with E-state index < -0.39 is 6.09 Å². The molecule has 0 aliphatic carbocycles. The Bertz CT molecular complexity index is 979. The molecule has 0 spiro atoms. The lowest BCUT2D eigenvalue weighted by molar-refractivity contribution is -0.931. The van der Waals surface area contributed by atoms with Crippen molar-refractivity contribution in [1.82, 2.24) is 10.3 Å². The van der Waals surface area contributed by atoms with Crippen LogP contribution < -0.4 is 19.9 Å². The van der Waals surface area contributed by atoms with Gasteiger partial charge in [0.2, 0.25) is 0 Å². The van der Waals surface area contributed by atoms with Gasteiger partial charge in [-0.1, -0.05) is 30.3 Å². The number of hydrogen-bond acceptors (Lipinski definition) is 4. The number of para-hydroxylation sites is 2. The molecule has 1 fully saturated rings. The summed E-state index contributed by atoms with van der Waals surface area (Å²) in [7, 11) is 0. The highest BCUT2D eigenvalue weighted by atomic mass is 19.1. The standard InChI is InChI=1S/C24H25FN4O2/c25-21-10-4-5-11-22(21)28-13-15-29(16-14-28)23(19-7-6-12-26-17-19)18-27-24(30)31-20-8-2-1-3-9-20/h1-12,17,23H,13-16,18H2,(H,27,30)/p+1. The van der Waals surface area contributed by atoms with Crippen molar-refractivity contribution < 1.29 is 18.8 Å². The average Bonchev–Trinajstić information content (AvgIpc) is 2.81. The molecule has 1 saturated heterocycles. The van der Waals surface area contributed by atoms with E-state index in [2.05, 4.69) is 15.2 Å². The quantitative estimate of drug-likeness (QED) is 0.642. The first kappa shape index (κ1) is 20.8. The fourth-order valence-electron chi connectivity index (χ4n) is 3.99. The van der Waals surface area contributed by atoms with E-state index in [1.807, 2.05) is 48.7 Å². The number of amides is 1. The minimum Gasteiger partial charge on any atom is -0.410 e. The van der Waals surface area contributed by atoms with Crippen LogP contribution in [0.5, 0.6) is 5.75 Å². The smallest absolute Gasteiger partial charge is 0.410 e. The maximum Gasteiger partial charge on any atom is 0.412 e. The van der Waals surface area contributed by atoms with E-state index in [9.17, 15) is 9.18 Å². The van der Waals surface area contributed by atoms with Gasteiger partial charge in [0.25, 0.3) is 0 Å². The molecule has 7 heteroatoms. The summed E-state index contributed by atoms with van der Waals surface area (Å²) in [5, 5.41) is 2.90. The zero-order valence-corrected chi connectivity index (χ0v) is 17.2. The van der Waals surface area contributed by atoms with Crippen LogP contribution in [0.25, 0.3) is 0 Å². The molecule has 2 N–H and O–H groups in total. The van der Waals surface area contributed by atoms with E-state index in [1.54, 1.807) is 24.4 Å². The number of nitrogens with one attached hydrogen (secondary N) is 2. The molecule has 2 heterocycles. The van der Waals surface area contributed by atoms with E-state index in [0.29, 0.717) is 18.0 Å². The summed E-state index contributed by atoms with van der Waals surface area (Å²) >= 11 is 0. The fraction of sp³-hybridized carbons (Fsp3) is 0.250. The van der Waals surface area contributed by atoms with Gasteiger partial charge in [-0.25, -0.2) is 9.18 Å². The van der Waals surface area contributed by atoms with Crippen molar-refractivity contribution in [2.45, 2.75) is 6.04 Å². The van der Waals surface area contributed by atoms with Gasteiger partial charge in [0.1, 0.15) is 17.6 Å². The molecule has 0 bridgehead atoms. The van der Waals surface area contributed by atoms with Crippen LogP contribution in [-0.4, -0.2) is 43.8 Å². The van der Waals surface area contributed by atoms with Crippen LogP contribution in [-0.2, 0) is 0 Å². The van der Waals surface area contributed by atoms with E-state index in [-0.39, 0.29) is 11.9 Å². The van der Waals surface area contributed by atoms with Crippen LogP contribution in [0, 0.1) is 5.82 Å². The van der Waals surface area contributed by atoms with Gasteiger partial charge < -0.3 is 19.9 Å². The number of pyridine rings is 1. The van der Waals surface area contributed by atoms with E-state index in [0.717, 1.165) is 31.7 Å². The highest BCUT2D eigenvalue weighted by Gasteiger charge is 2.30. The van der Waals surface area contributed by atoms with Gasteiger partial charge in [-0.2, -0.15) is 0 Å². The van der Waals surface area contributed by atoms with Crippen LogP contribution in [0.1, 0.15) is 11.6 Å². The summed E-state index contributed by atoms with van der Waals surface area (Å²) in [5.74, 6) is 0.309. The van der Waals surface area contributed by atoms with Crippen LogP contribution in [0.15, 0.2) is 79.1 Å². The van der Waals surface area contributed by atoms with Gasteiger partial charge in [0.05, 0.1) is 38.4 Å². The predicted octanol–water partition coefficient (Wildman–Crippen LogP) is 2.46. The number of hydrogen-bond donors (Lipinski definition) is 2. The molecule has 4 rings (SSSR count). The summed E-state index contributed by atoms with van der Waals surface area (Å²) in [5.41, 5.74) is 1.70. The van der Waals surface area contributed by atoms with Crippen LogP contribution in [0.2, 0.25) is 0 Å². The predicted molar refractivity (Wildman–Crippen MR) is 117 cm³/mol. The monoisotopic (exact) mass is 421 g/mol. The maximum atomic E-state index is 14.2. The second-order valence-electron chi connectivity index (χ2n) is 7.52. The molecule has 1 amide bonds. The zero-order chi connectivity index (χ0) is 21.5. The van der Waals surface area contributed by atoms with Gasteiger partial charge in [-0.15, -0.1) is 0 Å². The van der Waals surface area contributed by atoms with Crippen LogP contribution in [0.3, 0.4) is 0 Å². The molecule has 3 aromatic rings. The van der Waals surface area contributed by atoms with E-state index >= 15 is 0 Å². The number of ether oxygens (including phenoxy) is 1. The third-order valence-corrected chi connectivity index (χ3v) is 5.58. The molecule has 1 unspecified atom stereocenters. The highest BCUT2D eigenvalue weighted by Crippen LogP contribution is 2.19. The van der Waals surface area contributed by atoms with Crippen LogP contribution >= 0.6 is 0 Å². The molecule has 1 aliphatic rings. The molecular formula is C24H26FN4O2+. The molecule has 160 valence electrons. The lowest BCUT2D eigenvalue weighted by Crippen LogP contribution is -3.15. The number of rotatable bonds is 6. The third kappa shape index (κ3) is 5.38. The Morgan fingerprint density at radius 3 is 2.52 bits per heavy atom. The normalized spacial score (nSPS) is 15.3. The highest BCUT2D eigenvalue weighted by molar-refractivity contribution is 5.70. The minimum absolute atomic E-state index is 0.0276. The molecule has 1 atom stereocenters. The molecule has 0 radical (unpaired) electrons. The molecule has 6 nitrogen and oxygen atoms in total. The van der Waals surface area contributed by atoms with Gasteiger partial charge in [0, 0.05) is 18.0 Å². The van der Waals surface area contributed by atoms with Gasteiger partial charge in [-0.05, 0) is 36.4 Å². The van der Waals surface area contributed by atoms with Crippen molar-refractivity contribution in [3.8, 4) is 5.75 Å². The average molecular weight is 421 g/mol. The molecule has 0 saturated carbocycles. The van der Waals surface area contributed by atoms with Crippen molar-refractivity contribution in [2.75, 3.05) is 37.6 Å². The first-order valence-corrected chi connectivity index (χ1v) is 10.5. The fourth-order valence-corrected chi connectivity index (χ4v) is 3.99. The largest absolute Gasteiger partial charge is 0.412 e. The molecule has 1 aromatic heterocycles. The van der Waals surface area contributed by atoms with Crippen molar-refractivity contribution in [3.05, 3.63) is 90.5 Å². The summed E-state index contributed by atoms with van der Waals surface area (Å²) in [4.78, 5) is 19.9. The number of quaternary nitrogens is 1. The van der Waals surface area contributed by atoms with E-state index in [4.69, 9.17) is 4.74 Å². The van der Waals surface area contributed by atoms with Crippen molar-refractivity contribution in [3.63, 3.8) is 0 Å². The zero-order valence-electron chi connectivity index (χ0n) is 17.2. The van der Waals surface area contributed by atoms with Crippen LogP contribution in [0.4, 0.5) is 14.9 Å². The van der Waals surface area contributed by atoms with Crippen molar-refractivity contribution in [2.24, 2.45) is 0 Å². The number of anilines is 1.